The van der Waals surface area contributed by atoms with Gasteiger partial charge in [-0.25, -0.2) is 4.79 Å². The van der Waals surface area contributed by atoms with Crippen LogP contribution in [-0.4, -0.2) is 42.5 Å². The zero-order valence-corrected chi connectivity index (χ0v) is 13.0. The van der Waals surface area contributed by atoms with Gasteiger partial charge in [0.1, 0.15) is 5.71 Å². The van der Waals surface area contributed by atoms with Crippen LogP contribution in [0, 0.1) is 5.92 Å². The van der Waals surface area contributed by atoms with Crippen molar-refractivity contribution in [3.05, 3.63) is 36.0 Å². The average molecular weight is 316 g/mol. The maximum absolute atomic E-state index is 12.2. The van der Waals surface area contributed by atoms with Gasteiger partial charge in [-0.05, 0) is 12.1 Å². The first kappa shape index (κ1) is 15.1. The third-order valence-electron chi connectivity index (χ3n) is 3.96. The van der Waals surface area contributed by atoms with Gasteiger partial charge >= 0.3 is 11.9 Å². The number of carbonyl (C=O) groups excluding carboxylic acids is 2. The van der Waals surface area contributed by atoms with E-state index in [1.165, 1.54) is 14.2 Å². The number of para-hydroxylation sites is 1. The second kappa shape index (κ2) is 5.75. The number of hydrogen-bond donors (Lipinski definition) is 0. The summed E-state index contributed by atoms with van der Waals surface area (Å²) >= 11 is 0. The van der Waals surface area contributed by atoms with E-state index in [1.807, 2.05) is 41.9 Å². The minimum Gasteiger partial charge on any atom is -0.468 e. The average Bonchev–Trinajstić information content (AvgIpc) is 3.15. The molecule has 2 atom stereocenters. The molecule has 7 heteroatoms. The molecular weight excluding hydrogens is 300 g/mol. The topological polar surface area (TPSA) is 79.1 Å². The molecule has 0 fully saturated rings. The third kappa shape index (κ3) is 2.34. The molecule has 1 aromatic carbocycles. The van der Waals surface area contributed by atoms with Crippen LogP contribution < -0.4 is 0 Å². The second-order valence-electron chi connectivity index (χ2n) is 5.17. The summed E-state index contributed by atoms with van der Waals surface area (Å²) in [5.74, 6) is -2.23. The molecule has 1 aromatic heterocycles. The summed E-state index contributed by atoms with van der Waals surface area (Å²) in [6.45, 7) is 0. The van der Waals surface area contributed by atoms with Crippen molar-refractivity contribution >= 4 is 28.6 Å². The largest absolute Gasteiger partial charge is 0.468 e. The maximum atomic E-state index is 12.2. The fraction of sp³-hybridized carbons (Fsp3) is 0.312. The number of hydrogen-bond acceptors (Lipinski definition) is 6. The smallest absolute Gasteiger partial charge is 0.351 e. The van der Waals surface area contributed by atoms with E-state index in [4.69, 9.17) is 9.57 Å². The van der Waals surface area contributed by atoms with E-state index in [0.717, 1.165) is 10.9 Å². The van der Waals surface area contributed by atoms with E-state index in [-0.39, 0.29) is 0 Å². The van der Waals surface area contributed by atoms with Crippen LogP contribution >= 0.6 is 0 Å². The highest BCUT2D eigenvalue weighted by atomic mass is 16.7. The summed E-state index contributed by atoms with van der Waals surface area (Å²) in [4.78, 5) is 29.2. The van der Waals surface area contributed by atoms with E-state index in [2.05, 4.69) is 9.89 Å². The van der Waals surface area contributed by atoms with Gasteiger partial charge in [0.05, 0.1) is 19.9 Å². The Morgan fingerprint density at radius 3 is 2.52 bits per heavy atom. The van der Waals surface area contributed by atoms with Crippen molar-refractivity contribution in [1.82, 2.24) is 4.57 Å². The van der Waals surface area contributed by atoms with Crippen molar-refractivity contribution in [1.29, 1.82) is 0 Å². The van der Waals surface area contributed by atoms with Gasteiger partial charge in [-0.1, -0.05) is 23.4 Å². The van der Waals surface area contributed by atoms with E-state index in [1.54, 1.807) is 0 Å². The van der Waals surface area contributed by atoms with E-state index in [0.29, 0.717) is 11.4 Å². The van der Waals surface area contributed by atoms with Crippen LogP contribution in [0.1, 0.15) is 5.69 Å². The first-order valence-corrected chi connectivity index (χ1v) is 7.02. The molecule has 1 aliphatic heterocycles. The van der Waals surface area contributed by atoms with Crippen molar-refractivity contribution in [2.75, 3.05) is 14.2 Å². The van der Waals surface area contributed by atoms with Crippen LogP contribution in [0.5, 0.6) is 0 Å². The number of aryl methyl sites for hydroxylation is 1. The Kier molecular flexibility index (Phi) is 3.77. The third-order valence-corrected chi connectivity index (χ3v) is 3.96. The molecule has 3 rings (SSSR count). The highest BCUT2D eigenvalue weighted by Crippen LogP contribution is 2.28. The normalized spacial score (nSPS) is 20.0. The van der Waals surface area contributed by atoms with Crippen LogP contribution in [0.4, 0.5) is 0 Å². The monoisotopic (exact) mass is 316 g/mol. The van der Waals surface area contributed by atoms with Crippen LogP contribution in [0.15, 0.2) is 35.5 Å². The van der Waals surface area contributed by atoms with Gasteiger partial charge in [0.25, 0.3) is 0 Å². The predicted octanol–water partition coefficient (Wildman–Crippen LogP) is 1.24. The fourth-order valence-corrected chi connectivity index (χ4v) is 2.77. The summed E-state index contributed by atoms with van der Waals surface area (Å²) < 4.78 is 11.4. The second-order valence-corrected chi connectivity index (χ2v) is 5.17. The van der Waals surface area contributed by atoms with Crippen LogP contribution in [-0.2, 0) is 30.9 Å². The van der Waals surface area contributed by atoms with Gasteiger partial charge in [-0.2, -0.15) is 0 Å². The molecule has 0 saturated heterocycles. The standard InChI is InChI=1S/C16H16N2O5/c1-18-10-7-5-4-6-9(10)8-11(18)13-12(15(19)21-2)14(23-17-13)16(20)22-3/h4-8,12,14H,1-3H3. The van der Waals surface area contributed by atoms with Crippen LogP contribution in [0.3, 0.4) is 0 Å². The number of aromatic nitrogens is 1. The lowest BCUT2D eigenvalue weighted by Gasteiger charge is -2.15. The molecule has 0 radical (unpaired) electrons. The van der Waals surface area contributed by atoms with Gasteiger partial charge in [0.15, 0.2) is 5.92 Å². The number of oxime groups is 1. The molecule has 120 valence electrons. The first-order chi connectivity index (χ1) is 11.1. The predicted molar refractivity (Wildman–Crippen MR) is 81.9 cm³/mol. The number of benzene rings is 1. The highest BCUT2D eigenvalue weighted by molar-refractivity contribution is 6.15. The van der Waals surface area contributed by atoms with E-state index >= 15 is 0 Å². The molecule has 0 bridgehead atoms. The zero-order chi connectivity index (χ0) is 16.6. The van der Waals surface area contributed by atoms with Crippen molar-refractivity contribution in [2.24, 2.45) is 18.1 Å². The lowest BCUT2D eigenvalue weighted by molar-refractivity contribution is -0.161. The van der Waals surface area contributed by atoms with Crippen molar-refractivity contribution < 1.29 is 23.9 Å². The summed E-state index contributed by atoms with van der Waals surface area (Å²) in [6, 6.07) is 9.66. The molecule has 7 nitrogen and oxygen atoms in total. The molecular formula is C16H16N2O5. The minimum atomic E-state index is -1.14. The minimum absolute atomic E-state index is 0.353. The Hall–Kier alpha value is -2.83. The molecule has 1 aliphatic rings. The number of rotatable bonds is 3. The molecule has 0 N–H and O–H groups in total. The number of methoxy groups -OCH3 is 2. The Morgan fingerprint density at radius 1 is 1.17 bits per heavy atom. The Balaban J connectivity index is 2.08. The van der Waals surface area contributed by atoms with Crippen LogP contribution in [0.2, 0.25) is 0 Å². The number of nitrogens with zero attached hydrogens (tertiary/aromatic N) is 2. The SMILES string of the molecule is COC(=O)C1ON=C(c2cc3ccccc3n2C)C1C(=O)OC. The quantitative estimate of drug-likeness (QED) is 0.796. The maximum Gasteiger partial charge on any atom is 0.351 e. The van der Waals surface area contributed by atoms with Crippen molar-refractivity contribution in [3.63, 3.8) is 0 Å². The van der Waals surface area contributed by atoms with Gasteiger partial charge in [0, 0.05) is 18.0 Å². The zero-order valence-electron chi connectivity index (χ0n) is 13.0. The van der Waals surface area contributed by atoms with E-state index < -0.39 is 24.0 Å². The molecule has 0 amide bonds. The van der Waals surface area contributed by atoms with Crippen LogP contribution in [0.25, 0.3) is 10.9 Å². The number of esters is 2. The van der Waals surface area contributed by atoms with Gasteiger partial charge < -0.3 is 18.9 Å². The molecule has 2 unspecified atom stereocenters. The van der Waals surface area contributed by atoms with Crippen molar-refractivity contribution in [3.8, 4) is 0 Å². The summed E-state index contributed by atoms with van der Waals surface area (Å²) in [6.07, 6.45) is -1.14. The molecule has 2 heterocycles. The Labute approximate surface area is 132 Å². The molecule has 0 aliphatic carbocycles. The first-order valence-electron chi connectivity index (χ1n) is 7.02. The Morgan fingerprint density at radius 2 is 1.87 bits per heavy atom. The number of carbonyl (C=O) groups is 2. The summed E-state index contributed by atoms with van der Waals surface area (Å²) in [7, 11) is 4.35. The van der Waals surface area contributed by atoms with Crippen molar-refractivity contribution in [2.45, 2.75) is 6.10 Å². The number of ether oxygens (including phenoxy) is 2. The lowest BCUT2D eigenvalue weighted by Crippen LogP contribution is -2.38. The molecule has 2 aromatic rings. The Bertz CT molecular complexity index is 808. The molecule has 0 saturated carbocycles. The molecule has 0 spiro atoms. The van der Waals surface area contributed by atoms with Gasteiger partial charge in [0.2, 0.25) is 6.10 Å². The highest BCUT2D eigenvalue weighted by Gasteiger charge is 2.47. The van der Waals surface area contributed by atoms with Gasteiger partial charge in [-0.3, -0.25) is 4.79 Å². The van der Waals surface area contributed by atoms with E-state index in [9.17, 15) is 9.59 Å². The molecule has 23 heavy (non-hydrogen) atoms. The number of fused-ring (bicyclic) bond motifs is 1. The van der Waals surface area contributed by atoms with Gasteiger partial charge in [-0.15, -0.1) is 0 Å². The fourth-order valence-electron chi connectivity index (χ4n) is 2.77. The summed E-state index contributed by atoms with van der Waals surface area (Å²) in [5, 5.41) is 4.96. The summed E-state index contributed by atoms with van der Waals surface area (Å²) in [5.41, 5.74) is 2.02. The lowest BCUT2D eigenvalue weighted by atomic mass is 9.95.